The predicted octanol–water partition coefficient (Wildman–Crippen LogP) is 2.61. The second kappa shape index (κ2) is 3.92. The highest BCUT2D eigenvalue weighted by molar-refractivity contribution is 6.13. The van der Waals surface area contributed by atoms with Crippen molar-refractivity contribution < 1.29 is 4.74 Å². The maximum atomic E-state index is 7.42. The molecule has 0 spiro atoms. The Morgan fingerprint density at radius 3 is 2.33 bits per heavy atom. The van der Waals surface area contributed by atoms with Gasteiger partial charge >= 0.3 is 0 Å². The van der Waals surface area contributed by atoms with Gasteiger partial charge in [0.25, 0.3) is 0 Å². The highest BCUT2D eigenvalue weighted by Gasteiger charge is 2.14. The van der Waals surface area contributed by atoms with Gasteiger partial charge in [0.1, 0.15) is 0 Å². The Labute approximate surface area is 87.7 Å². The van der Waals surface area contributed by atoms with E-state index in [0.717, 1.165) is 5.56 Å². The van der Waals surface area contributed by atoms with Crippen molar-refractivity contribution in [3.63, 3.8) is 0 Å². The van der Waals surface area contributed by atoms with E-state index in [2.05, 4.69) is 0 Å². The van der Waals surface area contributed by atoms with Gasteiger partial charge in [-0.2, -0.15) is 0 Å². The first-order valence-corrected chi connectivity index (χ1v) is 4.56. The summed E-state index contributed by atoms with van der Waals surface area (Å²) < 4.78 is 4.78. The number of hydrogen-bond donors (Lipinski definition) is 2. The van der Waals surface area contributed by atoms with Gasteiger partial charge in [0.05, 0.1) is 0 Å². The predicted molar refractivity (Wildman–Crippen MR) is 60.1 cm³/mol. The van der Waals surface area contributed by atoms with Gasteiger partial charge in [-0.15, -0.1) is 0 Å². The van der Waals surface area contributed by atoms with Crippen LogP contribution in [0.25, 0.3) is 6.08 Å². The van der Waals surface area contributed by atoms with E-state index < -0.39 is 0 Å². The second-order valence-corrected chi connectivity index (χ2v) is 3.14. The first kappa shape index (κ1) is 9.40. The lowest BCUT2D eigenvalue weighted by atomic mass is 10.1. The Bertz CT molecular complexity index is 458. The summed E-state index contributed by atoms with van der Waals surface area (Å²) in [5.74, 6) is 0.0555. The molecule has 0 saturated heterocycles. The summed E-state index contributed by atoms with van der Waals surface area (Å²) in [7, 11) is 0. The van der Waals surface area contributed by atoms with Crippen LogP contribution in [0.2, 0.25) is 0 Å². The Hall–Kier alpha value is -2.16. The summed E-state index contributed by atoms with van der Waals surface area (Å²) in [5.41, 5.74) is 1.69. The zero-order valence-corrected chi connectivity index (χ0v) is 8.03. The number of benzene rings is 1. The molecule has 0 unspecified atom stereocenters. The molecule has 1 heterocycles. The molecule has 0 radical (unpaired) electrons. The molecule has 1 aliphatic heterocycles. The average molecular weight is 198 g/mol. The molecule has 1 aliphatic rings. The fourth-order valence-electron chi connectivity index (χ4n) is 1.28. The fraction of sp³-hybridized carbons (Fsp3) is 0. The molecule has 2 rings (SSSR count). The van der Waals surface area contributed by atoms with E-state index in [9.17, 15) is 0 Å². The summed E-state index contributed by atoms with van der Waals surface area (Å²) in [6, 6.07) is 9.80. The molecule has 74 valence electrons. The van der Waals surface area contributed by atoms with E-state index in [1.54, 1.807) is 6.08 Å². The molecule has 3 nitrogen and oxygen atoms in total. The minimum absolute atomic E-state index is 0.0210. The zero-order valence-electron chi connectivity index (χ0n) is 8.03. The normalized spacial score (nSPS) is 15.6. The van der Waals surface area contributed by atoms with Crippen LogP contribution in [0, 0.1) is 10.8 Å². The number of hydrogen-bond acceptors (Lipinski definition) is 3. The molecule has 2 N–H and O–H groups in total. The van der Waals surface area contributed by atoms with Crippen molar-refractivity contribution in [2.24, 2.45) is 0 Å². The Morgan fingerprint density at radius 1 is 1.00 bits per heavy atom. The van der Waals surface area contributed by atoms with E-state index in [1.807, 2.05) is 36.4 Å². The molecule has 1 aromatic carbocycles. The fourth-order valence-corrected chi connectivity index (χ4v) is 1.28. The summed E-state index contributed by atoms with van der Waals surface area (Å²) in [4.78, 5) is 0. The summed E-state index contributed by atoms with van der Waals surface area (Å²) in [6.45, 7) is 0. The molecule has 0 aromatic heterocycles. The van der Waals surface area contributed by atoms with Gasteiger partial charge in [-0.3, -0.25) is 10.8 Å². The van der Waals surface area contributed by atoms with Gasteiger partial charge in [0, 0.05) is 11.6 Å². The molecule has 1 aromatic rings. The van der Waals surface area contributed by atoms with Crippen molar-refractivity contribution in [1.82, 2.24) is 0 Å². The number of nitrogens with one attached hydrogen (secondary N) is 2. The van der Waals surface area contributed by atoms with E-state index in [-0.39, 0.29) is 11.8 Å². The molecule has 0 fully saturated rings. The van der Waals surface area contributed by atoms with E-state index in [0.29, 0.717) is 5.57 Å². The van der Waals surface area contributed by atoms with Crippen LogP contribution in [0.1, 0.15) is 5.56 Å². The zero-order chi connectivity index (χ0) is 10.7. The molecule has 0 saturated carbocycles. The van der Waals surface area contributed by atoms with Crippen LogP contribution in [-0.2, 0) is 4.74 Å². The highest BCUT2D eigenvalue weighted by Crippen LogP contribution is 2.12. The average Bonchev–Trinajstić information content (AvgIpc) is 2.56. The summed E-state index contributed by atoms with van der Waals surface area (Å²) in [5, 5.41) is 14.6. The Balaban J connectivity index is 2.16. The van der Waals surface area contributed by atoms with E-state index in [4.69, 9.17) is 15.6 Å². The highest BCUT2D eigenvalue weighted by atomic mass is 16.5. The van der Waals surface area contributed by atoms with E-state index in [1.165, 1.54) is 6.08 Å². The van der Waals surface area contributed by atoms with Gasteiger partial charge in [0.2, 0.25) is 11.8 Å². The lowest BCUT2D eigenvalue weighted by molar-refractivity contribution is 0.553. The molecular weight excluding hydrogens is 188 g/mol. The van der Waals surface area contributed by atoms with Gasteiger partial charge in [-0.05, 0) is 11.6 Å². The van der Waals surface area contributed by atoms with Gasteiger partial charge < -0.3 is 4.74 Å². The smallest absolute Gasteiger partial charge is 0.221 e. The van der Waals surface area contributed by atoms with Crippen molar-refractivity contribution in [1.29, 1.82) is 10.8 Å². The van der Waals surface area contributed by atoms with Crippen LogP contribution in [0.4, 0.5) is 0 Å². The molecule has 15 heavy (non-hydrogen) atoms. The summed E-state index contributed by atoms with van der Waals surface area (Å²) in [6.07, 6.45) is 5.20. The summed E-state index contributed by atoms with van der Waals surface area (Å²) >= 11 is 0. The van der Waals surface area contributed by atoms with Crippen LogP contribution in [0.5, 0.6) is 0 Å². The van der Waals surface area contributed by atoms with E-state index >= 15 is 0 Å². The van der Waals surface area contributed by atoms with Crippen LogP contribution in [0.15, 0.2) is 48.1 Å². The van der Waals surface area contributed by atoms with Crippen LogP contribution >= 0.6 is 0 Å². The molecule has 0 aliphatic carbocycles. The number of rotatable bonds is 2. The first-order chi connectivity index (χ1) is 7.25. The lowest BCUT2D eigenvalue weighted by Gasteiger charge is -1.94. The third-order valence-corrected chi connectivity index (χ3v) is 2.02. The van der Waals surface area contributed by atoms with Gasteiger partial charge in [-0.1, -0.05) is 36.4 Å². The quantitative estimate of drug-likeness (QED) is 0.754. The third kappa shape index (κ3) is 2.20. The Morgan fingerprint density at radius 2 is 1.73 bits per heavy atom. The van der Waals surface area contributed by atoms with Crippen LogP contribution < -0.4 is 0 Å². The molecule has 3 heteroatoms. The third-order valence-electron chi connectivity index (χ3n) is 2.02. The monoisotopic (exact) mass is 198 g/mol. The van der Waals surface area contributed by atoms with Crippen LogP contribution in [-0.4, -0.2) is 11.8 Å². The topological polar surface area (TPSA) is 56.9 Å². The second-order valence-electron chi connectivity index (χ2n) is 3.14. The largest absolute Gasteiger partial charge is 0.421 e. The lowest BCUT2D eigenvalue weighted by Crippen LogP contribution is -1.98. The van der Waals surface area contributed by atoms with Crippen molar-refractivity contribution in [2.75, 3.05) is 0 Å². The maximum Gasteiger partial charge on any atom is 0.221 e. The standard InChI is InChI=1S/C12H10N2O/c13-11-8-10(12(14)15-11)7-6-9-4-2-1-3-5-9/h1-8,13-14H. The van der Waals surface area contributed by atoms with Gasteiger partial charge in [-0.25, -0.2) is 0 Å². The molecular formula is C12H10N2O. The van der Waals surface area contributed by atoms with Crippen molar-refractivity contribution >= 4 is 17.9 Å². The molecule has 0 bridgehead atoms. The van der Waals surface area contributed by atoms with Crippen LogP contribution in [0.3, 0.4) is 0 Å². The molecule has 0 atom stereocenters. The Kier molecular flexibility index (Phi) is 2.46. The molecule has 0 amide bonds. The van der Waals surface area contributed by atoms with Crippen molar-refractivity contribution in [3.05, 3.63) is 53.6 Å². The minimum Gasteiger partial charge on any atom is -0.421 e. The minimum atomic E-state index is 0.0210. The van der Waals surface area contributed by atoms with Gasteiger partial charge in [0.15, 0.2) is 0 Å². The van der Waals surface area contributed by atoms with Crippen molar-refractivity contribution in [3.8, 4) is 0 Å². The maximum absolute atomic E-state index is 7.42. The van der Waals surface area contributed by atoms with Crippen molar-refractivity contribution in [2.45, 2.75) is 0 Å². The first-order valence-electron chi connectivity index (χ1n) is 4.56. The number of ether oxygens (including phenoxy) is 1. The SMILES string of the molecule is N=C1C=C(C=Cc2ccccc2)C(=N)O1.